The molecule has 2 rings (SSSR count). The van der Waals surface area contributed by atoms with Crippen LogP contribution < -0.4 is 11.1 Å². The van der Waals surface area contributed by atoms with E-state index in [1.807, 2.05) is 30.3 Å². The van der Waals surface area contributed by atoms with E-state index in [1.165, 1.54) is 0 Å². The van der Waals surface area contributed by atoms with Gasteiger partial charge in [-0.15, -0.1) is 11.3 Å². The second kappa shape index (κ2) is 7.78. The number of carbonyl (C=O) groups excluding carboxylic acids is 2. The Morgan fingerprint density at radius 1 is 1.26 bits per heavy atom. The molecule has 1 heterocycles. The molecule has 0 radical (unpaired) electrons. The predicted octanol–water partition coefficient (Wildman–Crippen LogP) is 2.79. The van der Waals surface area contributed by atoms with Crippen LogP contribution in [0.4, 0.5) is 5.00 Å². The largest absolute Gasteiger partial charge is 0.462 e. The van der Waals surface area contributed by atoms with Crippen molar-refractivity contribution in [3.8, 4) is 0 Å². The smallest absolute Gasteiger partial charge is 0.341 e. The number of amides is 1. The maximum absolute atomic E-state index is 12.3. The monoisotopic (exact) mass is 332 g/mol. The molecule has 6 heteroatoms. The van der Waals surface area contributed by atoms with Crippen LogP contribution in [0, 0.1) is 6.92 Å². The molecule has 0 atom stereocenters. The van der Waals surface area contributed by atoms with Crippen molar-refractivity contribution in [1.82, 2.24) is 5.32 Å². The Hall–Kier alpha value is -2.34. The van der Waals surface area contributed by atoms with E-state index in [0.717, 1.165) is 23.3 Å². The highest BCUT2D eigenvalue weighted by Gasteiger charge is 2.23. The third-order valence-electron chi connectivity index (χ3n) is 3.40. The van der Waals surface area contributed by atoms with Crippen molar-refractivity contribution in [2.75, 3.05) is 18.9 Å². The third kappa shape index (κ3) is 4.10. The first kappa shape index (κ1) is 17.0. The maximum atomic E-state index is 12.3. The van der Waals surface area contributed by atoms with Crippen LogP contribution in [-0.2, 0) is 11.2 Å². The minimum Gasteiger partial charge on any atom is -0.462 e. The first-order valence-electron chi connectivity index (χ1n) is 7.42. The number of nitrogen functional groups attached to an aromatic ring is 1. The number of nitrogens with two attached hydrogens (primary N) is 1. The van der Waals surface area contributed by atoms with Crippen LogP contribution >= 0.6 is 11.3 Å². The van der Waals surface area contributed by atoms with E-state index in [1.54, 1.807) is 13.8 Å². The van der Waals surface area contributed by atoms with E-state index in [2.05, 4.69) is 5.32 Å². The first-order chi connectivity index (χ1) is 11.0. The molecule has 0 aliphatic carbocycles. The van der Waals surface area contributed by atoms with E-state index in [0.29, 0.717) is 27.5 Å². The molecule has 2 aromatic rings. The summed E-state index contributed by atoms with van der Waals surface area (Å²) in [5.74, 6) is -0.701. The number of nitrogens with one attached hydrogen (secondary N) is 1. The normalized spacial score (nSPS) is 10.3. The molecule has 1 amide bonds. The molecule has 23 heavy (non-hydrogen) atoms. The number of hydrogen-bond donors (Lipinski definition) is 2. The van der Waals surface area contributed by atoms with Crippen molar-refractivity contribution in [2.45, 2.75) is 20.3 Å². The number of rotatable bonds is 6. The lowest BCUT2D eigenvalue weighted by molar-refractivity contribution is 0.0527. The summed E-state index contributed by atoms with van der Waals surface area (Å²) in [4.78, 5) is 24.6. The number of esters is 1. The minimum absolute atomic E-state index is 0.217. The topological polar surface area (TPSA) is 81.4 Å². The molecule has 0 bridgehead atoms. The molecule has 0 unspecified atom stereocenters. The zero-order valence-corrected chi connectivity index (χ0v) is 14.0. The Morgan fingerprint density at radius 2 is 1.96 bits per heavy atom. The van der Waals surface area contributed by atoms with Crippen molar-refractivity contribution in [2.24, 2.45) is 0 Å². The zero-order chi connectivity index (χ0) is 16.8. The number of hydrogen-bond acceptors (Lipinski definition) is 5. The molecule has 0 fully saturated rings. The first-order valence-corrected chi connectivity index (χ1v) is 8.24. The van der Waals surface area contributed by atoms with Gasteiger partial charge in [-0.05, 0) is 31.4 Å². The zero-order valence-electron chi connectivity index (χ0n) is 13.2. The molecular formula is C17H20N2O3S. The average Bonchev–Trinajstić information content (AvgIpc) is 2.83. The summed E-state index contributed by atoms with van der Waals surface area (Å²) in [6.45, 7) is 4.24. The Kier molecular flexibility index (Phi) is 5.76. The molecule has 5 nitrogen and oxygen atoms in total. The molecule has 0 spiro atoms. The predicted molar refractivity (Wildman–Crippen MR) is 91.9 cm³/mol. The van der Waals surface area contributed by atoms with Crippen LogP contribution in [0.3, 0.4) is 0 Å². The SMILES string of the molecule is CCOC(=O)c1c(N)sc(C(=O)NCCc2ccccc2)c1C. The van der Waals surface area contributed by atoms with Crippen LogP contribution in [0.1, 0.15) is 38.1 Å². The van der Waals surface area contributed by atoms with Gasteiger partial charge in [-0.1, -0.05) is 30.3 Å². The number of carbonyl (C=O) groups is 2. The third-order valence-corrected chi connectivity index (χ3v) is 4.52. The molecular weight excluding hydrogens is 312 g/mol. The number of benzene rings is 1. The van der Waals surface area contributed by atoms with Gasteiger partial charge in [0.2, 0.25) is 0 Å². The fourth-order valence-corrected chi connectivity index (χ4v) is 3.23. The van der Waals surface area contributed by atoms with Gasteiger partial charge in [0.25, 0.3) is 5.91 Å². The molecule has 1 aromatic heterocycles. The molecule has 1 aromatic carbocycles. The van der Waals surface area contributed by atoms with Crippen molar-refractivity contribution in [3.63, 3.8) is 0 Å². The van der Waals surface area contributed by atoms with Gasteiger partial charge in [-0.25, -0.2) is 4.79 Å². The molecule has 0 saturated carbocycles. The molecule has 3 N–H and O–H groups in total. The number of ether oxygens (including phenoxy) is 1. The van der Waals surface area contributed by atoms with Crippen molar-refractivity contribution >= 4 is 28.2 Å². The van der Waals surface area contributed by atoms with Crippen molar-refractivity contribution in [1.29, 1.82) is 0 Å². The van der Waals surface area contributed by atoms with Gasteiger partial charge in [0, 0.05) is 6.54 Å². The van der Waals surface area contributed by atoms with Crippen LogP contribution in [-0.4, -0.2) is 25.0 Å². The lowest BCUT2D eigenvalue weighted by Crippen LogP contribution is -2.25. The summed E-state index contributed by atoms with van der Waals surface area (Å²) in [6.07, 6.45) is 0.747. The van der Waals surface area contributed by atoms with Gasteiger partial charge in [-0.3, -0.25) is 4.79 Å². The van der Waals surface area contributed by atoms with Crippen LogP contribution in [0.25, 0.3) is 0 Å². The van der Waals surface area contributed by atoms with E-state index in [4.69, 9.17) is 10.5 Å². The van der Waals surface area contributed by atoms with E-state index < -0.39 is 5.97 Å². The maximum Gasteiger partial charge on any atom is 0.341 e. The Labute approximate surface area is 139 Å². The Morgan fingerprint density at radius 3 is 2.61 bits per heavy atom. The van der Waals surface area contributed by atoms with Gasteiger partial charge in [0.1, 0.15) is 5.00 Å². The Balaban J connectivity index is 2.02. The summed E-state index contributed by atoms with van der Waals surface area (Å²) in [5.41, 5.74) is 7.89. The second-order valence-electron chi connectivity index (χ2n) is 5.01. The summed E-state index contributed by atoms with van der Waals surface area (Å²) in [6, 6.07) is 9.91. The summed E-state index contributed by atoms with van der Waals surface area (Å²) >= 11 is 1.11. The minimum atomic E-state index is -0.484. The summed E-state index contributed by atoms with van der Waals surface area (Å²) < 4.78 is 4.98. The van der Waals surface area contributed by atoms with Gasteiger partial charge < -0.3 is 15.8 Å². The number of thiophene rings is 1. The van der Waals surface area contributed by atoms with Gasteiger partial charge in [-0.2, -0.15) is 0 Å². The van der Waals surface area contributed by atoms with Crippen molar-refractivity contribution < 1.29 is 14.3 Å². The van der Waals surface area contributed by atoms with Gasteiger partial charge >= 0.3 is 5.97 Å². The highest BCUT2D eigenvalue weighted by atomic mass is 32.1. The van der Waals surface area contributed by atoms with Gasteiger partial charge in [0.05, 0.1) is 17.0 Å². The fraction of sp³-hybridized carbons (Fsp3) is 0.294. The van der Waals surface area contributed by atoms with Crippen LogP contribution in [0.2, 0.25) is 0 Å². The Bertz CT molecular complexity index is 695. The van der Waals surface area contributed by atoms with Crippen LogP contribution in [0.5, 0.6) is 0 Å². The van der Waals surface area contributed by atoms with E-state index >= 15 is 0 Å². The average molecular weight is 332 g/mol. The number of anilines is 1. The second-order valence-corrected chi connectivity index (χ2v) is 6.06. The standard InChI is InChI=1S/C17H20N2O3S/c1-3-22-17(21)13-11(2)14(23-15(13)18)16(20)19-10-9-12-7-5-4-6-8-12/h4-8H,3,9-10,18H2,1-2H3,(H,19,20). The molecule has 0 aliphatic rings. The van der Waals surface area contributed by atoms with E-state index in [-0.39, 0.29) is 12.5 Å². The molecule has 122 valence electrons. The lowest BCUT2D eigenvalue weighted by atomic mass is 10.1. The van der Waals surface area contributed by atoms with Crippen molar-refractivity contribution in [3.05, 3.63) is 51.9 Å². The lowest BCUT2D eigenvalue weighted by Gasteiger charge is -2.05. The highest BCUT2D eigenvalue weighted by Crippen LogP contribution is 2.31. The van der Waals surface area contributed by atoms with Crippen LogP contribution in [0.15, 0.2) is 30.3 Å². The summed E-state index contributed by atoms with van der Waals surface area (Å²) in [7, 11) is 0. The van der Waals surface area contributed by atoms with E-state index in [9.17, 15) is 9.59 Å². The quantitative estimate of drug-likeness (QED) is 0.797. The highest BCUT2D eigenvalue weighted by molar-refractivity contribution is 7.18. The fourth-order valence-electron chi connectivity index (χ4n) is 2.25. The molecule has 0 saturated heterocycles. The van der Waals surface area contributed by atoms with Gasteiger partial charge in [0.15, 0.2) is 0 Å². The summed E-state index contributed by atoms with van der Waals surface area (Å²) in [5, 5.41) is 3.18. The molecule has 0 aliphatic heterocycles.